The molecule has 2 aromatic heterocycles. The third-order valence-electron chi connectivity index (χ3n) is 11.0. The molecule has 1 saturated heterocycles. The highest BCUT2D eigenvalue weighted by molar-refractivity contribution is 5.88. The summed E-state index contributed by atoms with van der Waals surface area (Å²) in [6.45, 7) is 12.3. The summed E-state index contributed by atoms with van der Waals surface area (Å²) >= 11 is 0. The van der Waals surface area contributed by atoms with Gasteiger partial charge in [0.1, 0.15) is 12.1 Å². The van der Waals surface area contributed by atoms with Crippen LogP contribution < -0.4 is 16.0 Å². The van der Waals surface area contributed by atoms with Crippen LogP contribution >= 0.6 is 0 Å². The van der Waals surface area contributed by atoms with Crippen LogP contribution in [0, 0.1) is 18.3 Å². The normalized spacial score (nSPS) is 16.1. The van der Waals surface area contributed by atoms with E-state index in [9.17, 15) is 29.4 Å². The summed E-state index contributed by atoms with van der Waals surface area (Å²) in [5.74, 6) is -1.07. The minimum Gasteiger partial charge on any atom is -0.465 e. The molecule has 0 aliphatic carbocycles. The van der Waals surface area contributed by atoms with Gasteiger partial charge in [0, 0.05) is 36.6 Å². The molecule has 1 aliphatic heterocycles. The second-order valence-corrected chi connectivity index (χ2v) is 16.7. The number of urea groups is 1. The zero-order chi connectivity index (χ0) is 42.7. The van der Waals surface area contributed by atoms with E-state index in [1.165, 1.54) is 0 Å². The summed E-state index contributed by atoms with van der Waals surface area (Å²) in [4.78, 5) is 66.4. The predicted octanol–water partition coefficient (Wildman–Crippen LogP) is 5.99. The van der Waals surface area contributed by atoms with Gasteiger partial charge >= 0.3 is 12.1 Å². The monoisotopic (exact) mass is 805 g/mol. The molecule has 13 heteroatoms. The van der Waals surface area contributed by atoms with Gasteiger partial charge in [-0.1, -0.05) is 108 Å². The van der Waals surface area contributed by atoms with E-state index in [1.54, 1.807) is 36.8 Å². The topological polar surface area (TPSA) is 177 Å². The highest BCUT2D eigenvalue weighted by Crippen LogP contribution is 2.25. The lowest BCUT2D eigenvalue weighted by Crippen LogP contribution is -2.58. The third-order valence-corrected chi connectivity index (χ3v) is 11.0. The van der Waals surface area contributed by atoms with E-state index in [-0.39, 0.29) is 30.7 Å². The molecule has 2 aromatic carbocycles. The molecule has 1 aliphatic rings. The van der Waals surface area contributed by atoms with Gasteiger partial charge in [0.05, 0.1) is 30.1 Å². The van der Waals surface area contributed by atoms with Crippen molar-refractivity contribution in [2.24, 2.45) is 11.3 Å². The van der Waals surface area contributed by atoms with Gasteiger partial charge in [-0.2, -0.15) is 0 Å². The van der Waals surface area contributed by atoms with Crippen LogP contribution in [0.15, 0.2) is 97.2 Å². The van der Waals surface area contributed by atoms with Crippen molar-refractivity contribution < 1.29 is 29.4 Å². The Morgan fingerprint density at radius 1 is 0.831 bits per heavy atom. The van der Waals surface area contributed by atoms with Gasteiger partial charge in [-0.05, 0) is 72.9 Å². The van der Waals surface area contributed by atoms with E-state index in [0.29, 0.717) is 32.5 Å². The lowest BCUT2D eigenvalue weighted by molar-refractivity contribution is -0.129. The first-order chi connectivity index (χ1) is 28.1. The molecule has 5 rings (SSSR count). The molecule has 0 saturated carbocycles. The molecule has 1 fully saturated rings. The van der Waals surface area contributed by atoms with Crippen molar-refractivity contribution in [3.63, 3.8) is 0 Å². The first-order valence-corrected chi connectivity index (χ1v) is 20.4. The Kier molecular flexibility index (Phi) is 15.2. The molecule has 5 N–H and O–H groups in total. The molecule has 4 aromatic rings. The summed E-state index contributed by atoms with van der Waals surface area (Å²) in [5, 5.41) is 30.3. The number of aromatic nitrogens is 2. The molecule has 1 unspecified atom stereocenters. The Morgan fingerprint density at radius 3 is 2.15 bits per heavy atom. The Morgan fingerprint density at radius 2 is 1.53 bits per heavy atom. The lowest BCUT2D eigenvalue weighted by Gasteiger charge is -2.35. The van der Waals surface area contributed by atoms with Crippen LogP contribution in [0.3, 0.4) is 0 Å². The standard InChI is InChI=1S/C46H59N7O6/c1-7-30(2)40(53-25-24-52(45(53)59)29-35-17-13-14-31(3)48-35)42(55)49-36(26-32-15-9-8-10-16-32)28-39(54)38(50-43(56)41(46(4,5)6)51-44(57)58)27-33-19-21-34(22-20-33)37-18-11-12-23-47-37/h8-23,30,36,38-41,51,54H,7,24-29H2,1-6H3,(H,49,55)(H,50,56)(H,57,58)/t30?,36-,38-,39-,40-,41+/m0/s1. The van der Waals surface area contributed by atoms with Crippen LogP contribution in [-0.4, -0.2) is 97.3 Å². The van der Waals surface area contributed by atoms with Crippen LogP contribution in [0.4, 0.5) is 9.59 Å². The number of nitrogens with one attached hydrogen (secondary N) is 3. The van der Waals surface area contributed by atoms with Crippen LogP contribution in [-0.2, 0) is 29.0 Å². The van der Waals surface area contributed by atoms with Crippen molar-refractivity contribution in [2.45, 2.75) is 104 Å². The van der Waals surface area contributed by atoms with Crippen LogP contribution in [0.2, 0.25) is 0 Å². The van der Waals surface area contributed by atoms with E-state index in [0.717, 1.165) is 33.8 Å². The number of carbonyl (C=O) groups is 4. The molecular formula is C46H59N7O6. The van der Waals surface area contributed by atoms with Crippen molar-refractivity contribution in [2.75, 3.05) is 13.1 Å². The van der Waals surface area contributed by atoms with E-state index in [1.807, 2.05) is 112 Å². The van der Waals surface area contributed by atoms with E-state index in [4.69, 9.17) is 0 Å². The number of amides is 5. The van der Waals surface area contributed by atoms with Gasteiger partial charge in [0.2, 0.25) is 11.8 Å². The number of nitrogens with zero attached hydrogens (tertiary/aromatic N) is 4. The molecule has 0 spiro atoms. The summed E-state index contributed by atoms with van der Waals surface area (Å²) in [7, 11) is 0. The number of aliphatic hydroxyl groups excluding tert-OH is 1. The first-order valence-electron chi connectivity index (χ1n) is 20.4. The molecular weight excluding hydrogens is 747 g/mol. The van der Waals surface area contributed by atoms with Crippen molar-refractivity contribution in [3.05, 3.63) is 120 Å². The fraction of sp³-hybridized carbons (Fsp3) is 0.435. The van der Waals surface area contributed by atoms with Crippen LogP contribution in [0.25, 0.3) is 11.3 Å². The van der Waals surface area contributed by atoms with E-state index >= 15 is 0 Å². The summed E-state index contributed by atoms with van der Waals surface area (Å²) in [6.07, 6.45) is 0.503. The van der Waals surface area contributed by atoms with Gasteiger partial charge in [0.25, 0.3) is 0 Å². The number of hydrogen-bond donors (Lipinski definition) is 5. The highest BCUT2D eigenvalue weighted by atomic mass is 16.4. The molecule has 0 radical (unpaired) electrons. The van der Waals surface area contributed by atoms with Crippen LogP contribution in [0.1, 0.15) is 70.0 Å². The largest absolute Gasteiger partial charge is 0.465 e. The van der Waals surface area contributed by atoms with Crippen LogP contribution in [0.5, 0.6) is 0 Å². The average molecular weight is 806 g/mol. The minimum absolute atomic E-state index is 0.0521. The van der Waals surface area contributed by atoms with Crippen molar-refractivity contribution in [1.82, 2.24) is 35.7 Å². The number of benzene rings is 2. The number of carbonyl (C=O) groups excluding carboxylic acids is 3. The van der Waals surface area contributed by atoms with Gasteiger partial charge in [-0.25, -0.2) is 9.59 Å². The summed E-state index contributed by atoms with van der Waals surface area (Å²) in [6, 6.07) is 25.1. The molecule has 13 nitrogen and oxygen atoms in total. The fourth-order valence-electron chi connectivity index (χ4n) is 7.60. The van der Waals surface area contributed by atoms with Gasteiger partial charge in [-0.3, -0.25) is 19.6 Å². The molecule has 6 atom stereocenters. The summed E-state index contributed by atoms with van der Waals surface area (Å²) in [5.41, 5.74) is 4.33. The first kappa shape index (κ1) is 44.3. The Labute approximate surface area is 347 Å². The fourth-order valence-corrected chi connectivity index (χ4v) is 7.60. The third kappa shape index (κ3) is 12.3. The van der Waals surface area contributed by atoms with Crippen molar-refractivity contribution >= 4 is 23.9 Å². The average Bonchev–Trinajstić information content (AvgIpc) is 3.55. The maximum absolute atomic E-state index is 14.5. The highest BCUT2D eigenvalue weighted by Gasteiger charge is 2.41. The smallest absolute Gasteiger partial charge is 0.405 e. The maximum Gasteiger partial charge on any atom is 0.405 e. The zero-order valence-corrected chi connectivity index (χ0v) is 35.0. The Balaban J connectivity index is 1.41. The number of rotatable bonds is 18. The molecule has 59 heavy (non-hydrogen) atoms. The quantitative estimate of drug-likeness (QED) is 0.0815. The molecule has 3 heterocycles. The van der Waals surface area contributed by atoms with E-state index in [2.05, 4.69) is 25.9 Å². The zero-order valence-electron chi connectivity index (χ0n) is 35.0. The second kappa shape index (κ2) is 20.2. The predicted molar refractivity (Wildman–Crippen MR) is 227 cm³/mol. The second-order valence-electron chi connectivity index (χ2n) is 16.7. The lowest BCUT2D eigenvalue weighted by atomic mass is 9.85. The minimum atomic E-state index is -1.34. The SMILES string of the molecule is CCC(C)[C@@H](C(=O)N[C@@H](Cc1ccccc1)C[C@H](O)[C@H](Cc1ccc(-c2ccccn2)cc1)NC(=O)[C@@H](NC(=O)O)C(C)(C)C)N1CCN(Cc2cccc(C)n2)C1=O. The van der Waals surface area contributed by atoms with Gasteiger partial charge < -0.3 is 36.0 Å². The number of carboxylic acid groups (broad SMARTS) is 1. The molecule has 314 valence electrons. The molecule has 5 amide bonds. The van der Waals surface area contributed by atoms with Gasteiger partial charge in [-0.15, -0.1) is 0 Å². The maximum atomic E-state index is 14.5. The van der Waals surface area contributed by atoms with Crippen molar-refractivity contribution in [3.8, 4) is 11.3 Å². The number of aliphatic hydroxyl groups is 1. The van der Waals surface area contributed by atoms with Gasteiger partial charge in [0.15, 0.2) is 0 Å². The van der Waals surface area contributed by atoms with E-state index < -0.39 is 47.7 Å². The Hall–Kier alpha value is -5.82. The number of pyridine rings is 2. The Bertz CT molecular complexity index is 2010. The molecule has 0 bridgehead atoms. The number of aryl methyl sites for hydroxylation is 1. The summed E-state index contributed by atoms with van der Waals surface area (Å²) < 4.78 is 0. The van der Waals surface area contributed by atoms with Crippen molar-refractivity contribution in [1.29, 1.82) is 0 Å². The number of hydrogen-bond acceptors (Lipinski definition) is 7.